The zero-order chi connectivity index (χ0) is 15.6. The van der Waals surface area contributed by atoms with Gasteiger partial charge in [0, 0.05) is 6.61 Å². The van der Waals surface area contributed by atoms with Gasteiger partial charge in [-0.1, -0.05) is 65.2 Å². The second kappa shape index (κ2) is 10.7. The third-order valence-corrected chi connectivity index (χ3v) is 6.29. The van der Waals surface area contributed by atoms with Gasteiger partial charge in [0.1, 0.15) is 0 Å². The zero-order valence-corrected chi connectivity index (χ0v) is 15.3. The number of ether oxygens (including phenoxy) is 1. The van der Waals surface area contributed by atoms with Crippen molar-refractivity contribution in [2.45, 2.75) is 110 Å². The molecule has 2 aliphatic rings. The van der Waals surface area contributed by atoms with E-state index in [-0.39, 0.29) is 0 Å². The topological polar surface area (TPSA) is 9.23 Å². The minimum absolute atomic E-state index is 0.590. The summed E-state index contributed by atoms with van der Waals surface area (Å²) in [7, 11) is 0. The van der Waals surface area contributed by atoms with Gasteiger partial charge < -0.3 is 4.74 Å². The Labute approximate surface area is 139 Å². The number of hydrogen-bond donors (Lipinski definition) is 0. The lowest BCUT2D eigenvalue weighted by atomic mass is 9.70. The summed E-state index contributed by atoms with van der Waals surface area (Å²) in [5, 5.41) is 0. The van der Waals surface area contributed by atoms with Crippen molar-refractivity contribution < 1.29 is 4.74 Å². The summed E-state index contributed by atoms with van der Waals surface area (Å²) >= 11 is 0. The first-order valence-corrected chi connectivity index (χ1v) is 10.4. The Balaban J connectivity index is 1.65. The maximum Gasteiger partial charge on any atom is 0.0577 e. The molecule has 0 bridgehead atoms. The molecule has 0 heterocycles. The van der Waals surface area contributed by atoms with Crippen molar-refractivity contribution in [2.24, 2.45) is 17.8 Å². The van der Waals surface area contributed by atoms with Gasteiger partial charge in [-0.25, -0.2) is 0 Å². The molecule has 1 heteroatoms. The van der Waals surface area contributed by atoms with Crippen LogP contribution in [0, 0.1) is 17.8 Å². The van der Waals surface area contributed by atoms with Gasteiger partial charge in [0.15, 0.2) is 0 Å². The van der Waals surface area contributed by atoms with E-state index >= 15 is 0 Å². The van der Waals surface area contributed by atoms with Crippen molar-refractivity contribution in [1.29, 1.82) is 0 Å². The summed E-state index contributed by atoms with van der Waals surface area (Å²) in [6.07, 6.45) is 20.6. The van der Waals surface area contributed by atoms with Crippen LogP contribution in [0.4, 0.5) is 0 Å². The molecule has 0 aromatic heterocycles. The van der Waals surface area contributed by atoms with Crippen molar-refractivity contribution in [3.8, 4) is 0 Å². The lowest BCUT2D eigenvalue weighted by molar-refractivity contribution is -0.00324. The van der Waals surface area contributed by atoms with Gasteiger partial charge in [0.2, 0.25) is 0 Å². The molecule has 0 N–H and O–H groups in total. The van der Waals surface area contributed by atoms with Crippen LogP contribution in [0.2, 0.25) is 0 Å². The third-order valence-electron chi connectivity index (χ3n) is 6.29. The van der Waals surface area contributed by atoms with Gasteiger partial charge in [-0.3, -0.25) is 0 Å². The van der Waals surface area contributed by atoms with Crippen LogP contribution in [0.5, 0.6) is 0 Å². The molecule has 2 fully saturated rings. The fraction of sp³-hybridized carbons (Fsp3) is 1.00. The molecule has 0 spiro atoms. The van der Waals surface area contributed by atoms with Crippen molar-refractivity contribution in [3.05, 3.63) is 0 Å². The summed E-state index contributed by atoms with van der Waals surface area (Å²) in [6, 6.07) is 0. The molecule has 2 rings (SSSR count). The lowest BCUT2D eigenvalue weighted by Gasteiger charge is -2.38. The minimum atomic E-state index is 0.590. The lowest BCUT2D eigenvalue weighted by Crippen LogP contribution is -2.30. The normalized spacial score (nSPS) is 33.0. The van der Waals surface area contributed by atoms with Crippen molar-refractivity contribution >= 4 is 0 Å². The van der Waals surface area contributed by atoms with Crippen LogP contribution in [0.1, 0.15) is 104 Å². The van der Waals surface area contributed by atoms with Crippen molar-refractivity contribution in [3.63, 3.8) is 0 Å². The molecule has 2 saturated carbocycles. The Morgan fingerprint density at radius 1 is 0.773 bits per heavy atom. The first-order valence-electron chi connectivity index (χ1n) is 10.4. The molecule has 0 unspecified atom stereocenters. The highest BCUT2D eigenvalue weighted by Crippen LogP contribution is 2.41. The summed E-state index contributed by atoms with van der Waals surface area (Å²) in [6.45, 7) is 5.57. The Kier molecular flexibility index (Phi) is 8.89. The largest absolute Gasteiger partial charge is 0.378 e. The van der Waals surface area contributed by atoms with Crippen LogP contribution >= 0.6 is 0 Å². The van der Waals surface area contributed by atoms with E-state index in [0.29, 0.717) is 6.10 Å². The molecule has 130 valence electrons. The Bertz CT molecular complexity index is 267. The molecule has 22 heavy (non-hydrogen) atoms. The first-order chi connectivity index (χ1) is 10.8. The molecule has 2 atom stereocenters. The summed E-state index contributed by atoms with van der Waals surface area (Å²) < 4.78 is 6.13. The summed E-state index contributed by atoms with van der Waals surface area (Å²) in [4.78, 5) is 0. The van der Waals surface area contributed by atoms with Crippen LogP contribution in [-0.2, 0) is 4.74 Å². The molecule has 2 aliphatic carbocycles. The van der Waals surface area contributed by atoms with E-state index in [0.717, 1.165) is 24.4 Å². The number of hydrogen-bond acceptors (Lipinski definition) is 1. The zero-order valence-electron chi connectivity index (χ0n) is 15.3. The molecular formula is C21H40O. The molecule has 0 amide bonds. The molecule has 0 radical (unpaired) electrons. The quantitative estimate of drug-likeness (QED) is 0.428. The number of unbranched alkanes of at least 4 members (excludes halogenated alkanes) is 3. The van der Waals surface area contributed by atoms with Gasteiger partial charge in [0.05, 0.1) is 6.10 Å². The van der Waals surface area contributed by atoms with Gasteiger partial charge in [0.25, 0.3) is 0 Å². The SMILES string of the molecule is CCCCC[C@H]1CC[C@@H]([C@@H]2CCC[C@@H](OCCCC)C2)CC1. The van der Waals surface area contributed by atoms with Crippen LogP contribution < -0.4 is 0 Å². The molecule has 1 nitrogen and oxygen atoms in total. The van der Waals surface area contributed by atoms with Crippen LogP contribution in [-0.4, -0.2) is 12.7 Å². The first kappa shape index (κ1) is 18.3. The molecule has 0 aromatic rings. The van der Waals surface area contributed by atoms with E-state index in [4.69, 9.17) is 4.74 Å². The highest BCUT2D eigenvalue weighted by atomic mass is 16.5. The van der Waals surface area contributed by atoms with Gasteiger partial charge >= 0.3 is 0 Å². The number of rotatable bonds is 9. The maximum atomic E-state index is 6.13. The van der Waals surface area contributed by atoms with E-state index in [9.17, 15) is 0 Å². The van der Waals surface area contributed by atoms with Crippen LogP contribution in [0.15, 0.2) is 0 Å². The van der Waals surface area contributed by atoms with Gasteiger partial charge in [-0.15, -0.1) is 0 Å². The predicted molar refractivity (Wildman–Crippen MR) is 96.2 cm³/mol. The Morgan fingerprint density at radius 2 is 1.55 bits per heavy atom. The maximum absolute atomic E-state index is 6.13. The molecule has 0 aromatic carbocycles. The molecule has 0 saturated heterocycles. The summed E-state index contributed by atoms with van der Waals surface area (Å²) in [5.74, 6) is 3.07. The van der Waals surface area contributed by atoms with Gasteiger partial charge in [-0.2, -0.15) is 0 Å². The van der Waals surface area contributed by atoms with E-state index < -0.39 is 0 Å². The van der Waals surface area contributed by atoms with Gasteiger partial charge in [-0.05, 0) is 56.3 Å². The summed E-state index contributed by atoms with van der Waals surface area (Å²) in [5.41, 5.74) is 0. The molecule has 0 aliphatic heterocycles. The minimum Gasteiger partial charge on any atom is -0.378 e. The predicted octanol–water partition coefficient (Wildman–Crippen LogP) is 6.75. The van der Waals surface area contributed by atoms with E-state index in [1.54, 1.807) is 0 Å². The Morgan fingerprint density at radius 3 is 2.27 bits per heavy atom. The smallest absolute Gasteiger partial charge is 0.0577 e. The van der Waals surface area contributed by atoms with Crippen LogP contribution in [0.25, 0.3) is 0 Å². The average molecular weight is 309 g/mol. The third kappa shape index (κ3) is 6.22. The van der Waals surface area contributed by atoms with E-state index in [1.165, 1.54) is 89.9 Å². The fourth-order valence-electron chi connectivity index (χ4n) is 4.79. The standard InChI is InChI=1S/C21H40O/c1-3-5-7-9-18-12-14-19(15-13-18)20-10-8-11-21(17-20)22-16-6-4-2/h18-21H,3-17H2,1-2H3/t18-,19+,20-,21-/m1/s1. The second-order valence-corrected chi connectivity index (χ2v) is 8.05. The van der Waals surface area contributed by atoms with Crippen molar-refractivity contribution in [2.75, 3.05) is 6.61 Å². The van der Waals surface area contributed by atoms with E-state index in [2.05, 4.69) is 13.8 Å². The monoisotopic (exact) mass is 308 g/mol. The van der Waals surface area contributed by atoms with Crippen molar-refractivity contribution in [1.82, 2.24) is 0 Å². The van der Waals surface area contributed by atoms with Crippen LogP contribution in [0.3, 0.4) is 0 Å². The highest BCUT2D eigenvalue weighted by molar-refractivity contribution is 4.83. The highest BCUT2D eigenvalue weighted by Gasteiger charge is 2.31. The Hall–Kier alpha value is -0.0400. The fourth-order valence-corrected chi connectivity index (χ4v) is 4.79. The average Bonchev–Trinajstić information content (AvgIpc) is 2.56. The van der Waals surface area contributed by atoms with E-state index in [1.807, 2.05) is 0 Å². The molecular weight excluding hydrogens is 268 g/mol. The second-order valence-electron chi connectivity index (χ2n) is 8.05.